The molecule has 6 heteroatoms. The van der Waals surface area contributed by atoms with Crippen LogP contribution in [0.25, 0.3) is 0 Å². The van der Waals surface area contributed by atoms with Crippen molar-refractivity contribution in [2.45, 2.75) is 19.3 Å². The normalized spacial score (nSPS) is 15.9. The van der Waals surface area contributed by atoms with E-state index in [1.54, 1.807) is 23.3 Å². The minimum atomic E-state index is -0.512. The van der Waals surface area contributed by atoms with Gasteiger partial charge >= 0.3 is 6.09 Å². The number of piperidine rings is 1. The number of methoxy groups -OCH3 is 1. The van der Waals surface area contributed by atoms with Gasteiger partial charge in [-0.15, -0.1) is 5.06 Å². The number of nitrogens with one attached hydrogen (secondary N) is 1. The number of amides is 1. The van der Waals surface area contributed by atoms with E-state index in [4.69, 9.17) is 21.2 Å². The number of ether oxygens (including phenoxy) is 1. The van der Waals surface area contributed by atoms with Crippen LogP contribution in [-0.2, 0) is 4.84 Å². The lowest BCUT2D eigenvalue weighted by molar-refractivity contribution is -0.105. The Morgan fingerprint density at radius 1 is 1.32 bits per heavy atom. The van der Waals surface area contributed by atoms with Crippen molar-refractivity contribution >= 4 is 23.4 Å². The van der Waals surface area contributed by atoms with Gasteiger partial charge in [0.1, 0.15) is 5.75 Å². The molecular weight excluding hydrogens is 268 g/mol. The molecule has 0 unspecified atom stereocenters. The number of anilines is 1. The Morgan fingerprint density at radius 3 is 2.74 bits per heavy atom. The molecule has 0 aromatic heterocycles. The third-order valence-corrected chi connectivity index (χ3v) is 3.16. The van der Waals surface area contributed by atoms with E-state index in [1.807, 2.05) is 0 Å². The molecule has 1 aromatic carbocycles. The van der Waals surface area contributed by atoms with Crippen LogP contribution in [0.2, 0.25) is 5.02 Å². The van der Waals surface area contributed by atoms with Gasteiger partial charge in [-0.25, -0.2) is 4.79 Å². The summed E-state index contributed by atoms with van der Waals surface area (Å²) in [5, 5.41) is 4.88. The van der Waals surface area contributed by atoms with Crippen molar-refractivity contribution in [2.24, 2.45) is 0 Å². The van der Waals surface area contributed by atoms with Gasteiger partial charge in [-0.1, -0.05) is 18.0 Å². The minimum absolute atomic E-state index is 0.503. The van der Waals surface area contributed by atoms with Crippen LogP contribution in [0.5, 0.6) is 5.75 Å². The summed E-state index contributed by atoms with van der Waals surface area (Å²) in [6.07, 6.45) is 2.78. The fourth-order valence-electron chi connectivity index (χ4n) is 1.97. The average molecular weight is 285 g/mol. The third-order valence-electron chi connectivity index (χ3n) is 2.93. The van der Waals surface area contributed by atoms with Crippen molar-refractivity contribution in [3.8, 4) is 5.75 Å². The smallest absolute Gasteiger partial charge is 0.430 e. The lowest BCUT2D eigenvalue weighted by Crippen LogP contribution is -2.34. The average Bonchev–Trinajstić information content (AvgIpc) is 2.42. The molecule has 19 heavy (non-hydrogen) atoms. The molecule has 1 fully saturated rings. The summed E-state index contributed by atoms with van der Waals surface area (Å²) in [4.78, 5) is 17.0. The SMILES string of the molecule is COc1cc(Cl)ccc1NC(=O)ON1CCCCC1. The van der Waals surface area contributed by atoms with Crippen molar-refractivity contribution in [3.05, 3.63) is 23.2 Å². The Morgan fingerprint density at radius 2 is 2.05 bits per heavy atom. The molecule has 0 spiro atoms. The molecule has 1 aromatic rings. The van der Waals surface area contributed by atoms with Crippen LogP contribution in [0.4, 0.5) is 10.5 Å². The number of benzene rings is 1. The molecule has 0 saturated carbocycles. The third kappa shape index (κ3) is 4.01. The molecule has 1 saturated heterocycles. The topological polar surface area (TPSA) is 50.8 Å². The Bertz CT molecular complexity index is 448. The molecule has 1 aliphatic heterocycles. The number of carbonyl (C=O) groups excluding carboxylic acids is 1. The van der Waals surface area contributed by atoms with Gasteiger partial charge in [0.15, 0.2) is 0 Å². The fraction of sp³-hybridized carbons (Fsp3) is 0.462. The second kappa shape index (κ2) is 6.63. The number of halogens is 1. The maximum absolute atomic E-state index is 11.8. The molecule has 1 N–H and O–H groups in total. The zero-order chi connectivity index (χ0) is 13.7. The van der Waals surface area contributed by atoms with Gasteiger partial charge in [0.25, 0.3) is 0 Å². The molecule has 5 nitrogen and oxygen atoms in total. The highest BCUT2D eigenvalue weighted by Gasteiger charge is 2.16. The largest absolute Gasteiger partial charge is 0.495 e. The van der Waals surface area contributed by atoms with E-state index in [1.165, 1.54) is 13.5 Å². The predicted octanol–water partition coefficient (Wildman–Crippen LogP) is 3.30. The maximum atomic E-state index is 11.8. The van der Waals surface area contributed by atoms with Gasteiger partial charge < -0.3 is 9.57 Å². The van der Waals surface area contributed by atoms with Crippen molar-refractivity contribution < 1.29 is 14.4 Å². The van der Waals surface area contributed by atoms with E-state index in [2.05, 4.69) is 5.32 Å². The Labute approximate surface area is 117 Å². The Kier molecular flexibility index (Phi) is 4.87. The van der Waals surface area contributed by atoms with Crippen LogP contribution in [0, 0.1) is 0 Å². The van der Waals surface area contributed by atoms with Crippen molar-refractivity contribution in [1.29, 1.82) is 0 Å². The second-order valence-electron chi connectivity index (χ2n) is 4.34. The Hall–Kier alpha value is -1.46. The van der Waals surface area contributed by atoms with E-state index in [-0.39, 0.29) is 0 Å². The van der Waals surface area contributed by atoms with E-state index < -0.39 is 6.09 Å². The van der Waals surface area contributed by atoms with Gasteiger partial charge in [-0.3, -0.25) is 5.32 Å². The summed E-state index contributed by atoms with van der Waals surface area (Å²) < 4.78 is 5.15. The van der Waals surface area contributed by atoms with Crippen molar-refractivity contribution in [1.82, 2.24) is 5.06 Å². The number of rotatable bonds is 3. The molecule has 0 radical (unpaired) electrons. The quantitative estimate of drug-likeness (QED) is 0.925. The zero-order valence-electron chi connectivity index (χ0n) is 10.8. The number of carbonyl (C=O) groups is 1. The molecule has 0 atom stereocenters. The lowest BCUT2D eigenvalue weighted by atomic mass is 10.2. The predicted molar refractivity (Wildman–Crippen MR) is 73.5 cm³/mol. The van der Waals surface area contributed by atoms with E-state index in [0.717, 1.165) is 25.9 Å². The highest BCUT2D eigenvalue weighted by atomic mass is 35.5. The van der Waals surface area contributed by atoms with Crippen LogP contribution in [-0.4, -0.2) is 31.4 Å². The summed E-state index contributed by atoms with van der Waals surface area (Å²) in [6.45, 7) is 1.57. The first-order valence-electron chi connectivity index (χ1n) is 6.26. The number of nitrogens with zero attached hydrogens (tertiary/aromatic N) is 1. The highest BCUT2D eigenvalue weighted by Crippen LogP contribution is 2.27. The first-order valence-corrected chi connectivity index (χ1v) is 6.64. The summed E-state index contributed by atoms with van der Waals surface area (Å²) in [5.41, 5.74) is 0.536. The van der Waals surface area contributed by atoms with Gasteiger partial charge in [0.2, 0.25) is 0 Å². The van der Waals surface area contributed by atoms with Gasteiger partial charge in [0, 0.05) is 24.2 Å². The molecule has 1 heterocycles. The van der Waals surface area contributed by atoms with Gasteiger partial charge in [-0.05, 0) is 25.0 Å². The van der Waals surface area contributed by atoms with Crippen LogP contribution in [0.15, 0.2) is 18.2 Å². The van der Waals surface area contributed by atoms with Crippen molar-refractivity contribution in [3.63, 3.8) is 0 Å². The minimum Gasteiger partial charge on any atom is -0.495 e. The molecule has 2 rings (SSSR count). The summed E-state index contributed by atoms with van der Waals surface area (Å²) in [5.74, 6) is 0.503. The summed E-state index contributed by atoms with van der Waals surface area (Å²) in [6, 6.07) is 5.00. The highest BCUT2D eigenvalue weighted by molar-refractivity contribution is 6.30. The Balaban J connectivity index is 1.94. The number of hydrogen-bond donors (Lipinski definition) is 1. The lowest BCUT2D eigenvalue weighted by Gasteiger charge is -2.24. The van der Waals surface area contributed by atoms with Gasteiger partial charge in [0.05, 0.1) is 12.8 Å². The van der Waals surface area contributed by atoms with E-state index in [0.29, 0.717) is 16.5 Å². The van der Waals surface area contributed by atoms with E-state index >= 15 is 0 Å². The molecule has 0 bridgehead atoms. The number of hydrogen-bond acceptors (Lipinski definition) is 4. The van der Waals surface area contributed by atoms with Crippen LogP contribution >= 0.6 is 11.6 Å². The first kappa shape index (κ1) is 14.0. The molecule has 1 amide bonds. The summed E-state index contributed by atoms with van der Waals surface area (Å²) >= 11 is 5.86. The summed E-state index contributed by atoms with van der Waals surface area (Å²) in [7, 11) is 1.52. The van der Waals surface area contributed by atoms with E-state index in [9.17, 15) is 4.79 Å². The first-order chi connectivity index (χ1) is 9.19. The van der Waals surface area contributed by atoms with Crippen molar-refractivity contribution in [2.75, 3.05) is 25.5 Å². The molecule has 0 aliphatic carbocycles. The maximum Gasteiger partial charge on any atom is 0.430 e. The second-order valence-corrected chi connectivity index (χ2v) is 4.77. The molecule has 1 aliphatic rings. The van der Waals surface area contributed by atoms with Crippen LogP contribution in [0.3, 0.4) is 0 Å². The van der Waals surface area contributed by atoms with Crippen LogP contribution < -0.4 is 10.1 Å². The zero-order valence-corrected chi connectivity index (χ0v) is 11.6. The molecular formula is C13H17ClN2O3. The standard InChI is InChI=1S/C13H17ClN2O3/c1-18-12-9-10(14)5-6-11(12)15-13(17)19-16-7-3-2-4-8-16/h5-6,9H,2-4,7-8H2,1H3,(H,15,17). The van der Waals surface area contributed by atoms with Crippen LogP contribution in [0.1, 0.15) is 19.3 Å². The molecule has 104 valence electrons. The fourth-order valence-corrected chi connectivity index (χ4v) is 2.14. The van der Waals surface area contributed by atoms with Gasteiger partial charge in [-0.2, -0.15) is 0 Å². The monoisotopic (exact) mass is 284 g/mol. The number of hydroxylamine groups is 2.